The maximum atomic E-state index is 13.1. The lowest BCUT2D eigenvalue weighted by Crippen LogP contribution is -2.36. The number of hydrogen-bond donors (Lipinski definition) is 0. The lowest BCUT2D eigenvalue weighted by Gasteiger charge is -2.26. The minimum Gasteiger partial charge on any atom is -0.472 e. The van der Waals surface area contributed by atoms with Crippen molar-refractivity contribution in [1.82, 2.24) is 14.8 Å². The topological polar surface area (TPSA) is 66.7 Å². The molecule has 136 valence electrons. The van der Waals surface area contributed by atoms with Crippen LogP contribution < -0.4 is 0 Å². The number of nitrogens with zero attached hydrogens (tertiary/aromatic N) is 3. The van der Waals surface area contributed by atoms with E-state index in [1.807, 2.05) is 21.9 Å². The van der Waals surface area contributed by atoms with Crippen LogP contribution in [0.3, 0.4) is 0 Å². The van der Waals surface area contributed by atoms with Crippen molar-refractivity contribution in [1.29, 1.82) is 0 Å². The SMILES string of the molecule is O=C(c1ccoc1)N1CCC[C@@]2(CC1)CCN(Cc1ccncc1)C2=O. The van der Waals surface area contributed by atoms with Crippen LogP contribution in [0.4, 0.5) is 0 Å². The molecule has 2 aliphatic heterocycles. The molecule has 0 aliphatic carbocycles. The minimum absolute atomic E-state index is 0.00473. The molecule has 0 N–H and O–H groups in total. The first-order valence-electron chi connectivity index (χ1n) is 9.18. The molecule has 1 atom stereocenters. The Morgan fingerprint density at radius 3 is 2.69 bits per heavy atom. The maximum Gasteiger partial charge on any atom is 0.257 e. The summed E-state index contributed by atoms with van der Waals surface area (Å²) < 4.78 is 5.03. The largest absolute Gasteiger partial charge is 0.472 e. The van der Waals surface area contributed by atoms with Gasteiger partial charge in [-0.2, -0.15) is 0 Å². The molecule has 2 saturated heterocycles. The second kappa shape index (κ2) is 6.94. The van der Waals surface area contributed by atoms with E-state index in [1.165, 1.54) is 12.5 Å². The molecule has 1 spiro atoms. The van der Waals surface area contributed by atoms with Crippen LogP contribution in [-0.4, -0.2) is 46.2 Å². The zero-order chi connectivity index (χ0) is 18.0. The van der Waals surface area contributed by atoms with E-state index in [0.29, 0.717) is 25.2 Å². The van der Waals surface area contributed by atoms with Gasteiger partial charge < -0.3 is 14.2 Å². The highest BCUT2D eigenvalue weighted by Crippen LogP contribution is 2.42. The molecule has 2 aromatic heterocycles. The molecule has 0 radical (unpaired) electrons. The average molecular weight is 353 g/mol. The van der Waals surface area contributed by atoms with Crippen molar-refractivity contribution >= 4 is 11.8 Å². The van der Waals surface area contributed by atoms with E-state index in [1.54, 1.807) is 18.5 Å². The van der Waals surface area contributed by atoms with Gasteiger partial charge in [0.05, 0.1) is 17.2 Å². The maximum absolute atomic E-state index is 13.1. The Morgan fingerprint density at radius 1 is 1.12 bits per heavy atom. The Labute approximate surface area is 152 Å². The van der Waals surface area contributed by atoms with E-state index in [2.05, 4.69) is 4.98 Å². The van der Waals surface area contributed by atoms with E-state index in [-0.39, 0.29) is 17.2 Å². The van der Waals surface area contributed by atoms with Crippen LogP contribution in [0.5, 0.6) is 0 Å². The standard InChI is InChI=1S/C20H23N3O3/c24-18(17-4-13-26-15-17)22-10-1-5-20(6-11-22)7-12-23(19(20)25)14-16-2-8-21-9-3-16/h2-4,8-9,13,15H,1,5-7,10-12,14H2/t20-/m1/s1. The fourth-order valence-corrected chi connectivity index (χ4v) is 4.18. The number of hydrogen-bond acceptors (Lipinski definition) is 4. The van der Waals surface area contributed by atoms with Gasteiger partial charge in [-0.3, -0.25) is 14.6 Å². The number of pyridine rings is 1. The fourth-order valence-electron chi connectivity index (χ4n) is 4.18. The third-order valence-corrected chi connectivity index (χ3v) is 5.72. The van der Waals surface area contributed by atoms with Gasteiger partial charge in [0.15, 0.2) is 0 Å². The lowest BCUT2D eigenvalue weighted by molar-refractivity contribution is -0.137. The van der Waals surface area contributed by atoms with Crippen molar-refractivity contribution in [2.75, 3.05) is 19.6 Å². The van der Waals surface area contributed by atoms with Gasteiger partial charge in [-0.1, -0.05) is 0 Å². The fraction of sp³-hybridized carbons (Fsp3) is 0.450. The van der Waals surface area contributed by atoms with Crippen LogP contribution >= 0.6 is 0 Å². The summed E-state index contributed by atoms with van der Waals surface area (Å²) in [5, 5.41) is 0. The van der Waals surface area contributed by atoms with E-state index >= 15 is 0 Å². The highest BCUT2D eigenvalue weighted by Gasteiger charge is 2.47. The van der Waals surface area contributed by atoms with Crippen molar-refractivity contribution in [3.8, 4) is 0 Å². The lowest BCUT2D eigenvalue weighted by atomic mass is 9.79. The van der Waals surface area contributed by atoms with Crippen molar-refractivity contribution < 1.29 is 14.0 Å². The Morgan fingerprint density at radius 2 is 1.92 bits per heavy atom. The molecule has 0 bridgehead atoms. The van der Waals surface area contributed by atoms with Crippen LogP contribution in [0.2, 0.25) is 0 Å². The number of carbonyl (C=O) groups excluding carboxylic acids is 2. The zero-order valence-electron chi connectivity index (χ0n) is 14.8. The molecule has 2 aromatic rings. The summed E-state index contributed by atoms with van der Waals surface area (Å²) in [5.41, 5.74) is 1.38. The number of rotatable bonds is 3. The van der Waals surface area contributed by atoms with Gasteiger partial charge >= 0.3 is 0 Å². The minimum atomic E-state index is -0.307. The Hall–Kier alpha value is -2.63. The number of furan rings is 1. The Bertz CT molecular complexity index is 775. The number of amides is 2. The van der Waals surface area contributed by atoms with Gasteiger partial charge in [0.2, 0.25) is 5.91 Å². The molecule has 2 aliphatic rings. The molecule has 0 saturated carbocycles. The number of aromatic nitrogens is 1. The molecule has 2 amide bonds. The highest BCUT2D eigenvalue weighted by atomic mass is 16.3. The summed E-state index contributed by atoms with van der Waals surface area (Å²) >= 11 is 0. The molecule has 6 heteroatoms. The van der Waals surface area contributed by atoms with Crippen molar-refractivity contribution in [2.45, 2.75) is 32.2 Å². The van der Waals surface area contributed by atoms with Crippen LogP contribution in [0.1, 0.15) is 41.6 Å². The number of carbonyl (C=O) groups is 2. The molecular formula is C20H23N3O3. The monoisotopic (exact) mass is 353 g/mol. The van der Waals surface area contributed by atoms with E-state index in [9.17, 15) is 9.59 Å². The Kier molecular flexibility index (Phi) is 4.49. The number of likely N-dealkylation sites (tertiary alicyclic amines) is 2. The van der Waals surface area contributed by atoms with Gasteiger partial charge in [-0.15, -0.1) is 0 Å². The second-order valence-corrected chi connectivity index (χ2v) is 7.27. The van der Waals surface area contributed by atoms with Crippen LogP contribution in [0.25, 0.3) is 0 Å². The normalized spacial score (nSPS) is 23.5. The predicted molar refractivity (Wildman–Crippen MR) is 95.2 cm³/mol. The van der Waals surface area contributed by atoms with E-state index in [4.69, 9.17) is 4.42 Å². The Balaban J connectivity index is 1.43. The summed E-state index contributed by atoms with van der Waals surface area (Å²) in [4.78, 5) is 33.6. The summed E-state index contributed by atoms with van der Waals surface area (Å²) in [5.74, 6) is 0.238. The molecule has 2 fully saturated rings. The van der Waals surface area contributed by atoms with Crippen molar-refractivity contribution in [3.63, 3.8) is 0 Å². The molecule has 4 rings (SSSR count). The van der Waals surface area contributed by atoms with Gasteiger partial charge in [0, 0.05) is 38.6 Å². The van der Waals surface area contributed by atoms with Gasteiger partial charge in [0.1, 0.15) is 6.26 Å². The predicted octanol–water partition coefficient (Wildman–Crippen LogP) is 2.72. The van der Waals surface area contributed by atoms with Crippen LogP contribution in [0, 0.1) is 5.41 Å². The summed E-state index contributed by atoms with van der Waals surface area (Å²) in [6, 6.07) is 5.60. The highest BCUT2D eigenvalue weighted by molar-refractivity contribution is 5.94. The molecule has 4 heterocycles. The third kappa shape index (κ3) is 3.11. The van der Waals surface area contributed by atoms with Crippen LogP contribution in [0.15, 0.2) is 47.5 Å². The molecule has 6 nitrogen and oxygen atoms in total. The smallest absolute Gasteiger partial charge is 0.257 e. The summed E-state index contributed by atoms with van der Waals surface area (Å²) in [6.07, 6.45) is 9.86. The first kappa shape index (κ1) is 16.8. The van der Waals surface area contributed by atoms with E-state index < -0.39 is 0 Å². The molecule has 0 unspecified atom stereocenters. The third-order valence-electron chi connectivity index (χ3n) is 5.72. The summed E-state index contributed by atoms with van der Waals surface area (Å²) in [7, 11) is 0. The van der Waals surface area contributed by atoms with Gasteiger partial charge in [0.25, 0.3) is 5.91 Å². The van der Waals surface area contributed by atoms with E-state index in [0.717, 1.165) is 37.8 Å². The second-order valence-electron chi connectivity index (χ2n) is 7.27. The quantitative estimate of drug-likeness (QED) is 0.851. The molecule has 26 heavy (non-hydrogen) atoms. The average Bonchev–Trinajstić information content (AvgIpc) is 3.23. The first-order chi connectivity index (χ1) is 12.7. The first-order valence-corrected chi connectivity index (χ1v) is 9.18. The van der Waals surface area contributed by atoms with Crippen molar-refractivity contribution in [3.05, 3.63) is 54.2 Å². The van der Waals surface area contributed by atoms with Crippen LogP contribution in [-0.2, 0) is 11.3 Å². The summed E-state index contributed by atoms with van der Waals surface area (Å²) in [6.45, 7) is 2.75. The van der Waals surface area contributed by atoms with Gasteiger partial charge in [-0.05, 0) is 49.4 Å². The van der Waals surface area contributed by atoms with Crippen molar-refractivity contribution in [2.24, 2.45) is 5.41 Å². The molecule has 0 aromatic carbocycles. The zero-order valence-corrected chi connectivity index (χ0v) is 14.8. The molecular weight excluding hydrogens is 330 g/mol. The van der Waals surface area contributed by atoms with Gasteiger partial charge in [-0.25, -0.2) is 0 Å².